The third kappa shape index (κ3) is 3.14. The van der Waals surface area contributed by atoms with Crippen molar-refractivity contribution in [3.05, 3.63) is 60.2 Å². The molecule has 0 spiro atoms. The Kier molecular flexibility index (Phi) is 4.20. The molecule has 0 aliphatic carbocycles. The minimum atomic E-state index is -0.784. The Morgan fingerprint density at radius 1 is 1.32 bits per heavy atom. The summed E-state index contributed by atoms with van der Waals surface area (Å²) < 4.78 is 18.6. The van der Waals surface area contributed by atoms with E-state index in [1.807, 2.05) is 18.2 Å². The molecule has 0 saturated carbocycles. The van der Waals surface area contributed by atoms with Crippen molar-refractivity contribution < 1.29 is 13.9 Å². The lowest BCUT2D eigenvalue weighted by molar-refractivity contribution is -0.126. The molecule has 0 fully saturated rings. The Hall–Kier alpha value is -2.27. The van der Waals surface area contributed by atoms with Crippen LogP contribution in [-0.4, -0.2) is 18.0 Å². The van der Waals surface area contributed by atoms with Crippen molar-refractivity contribution in [2.45, 2.75) is 6.10 Å². The summed E-state index contributed by atoms with van der Waals surface area (Å²) >= 11 is 0. The molecule has 1 atom stereocenters. The second-order valence-electron chi connectivity index (χ2n) is 3.87. The number of rotatable bonds is 4. The van der Waals surface area contributed by atoms with Gasteiger partial charge in [0.15, 0.2) is 11.9 Å². The smallest absolute Gasteiger partial charge is 0.258 e. The third-order valence-electron chi connectivity index (χ3n) is 2.61. The van der Waals surface area contributed by atoms with E-state index in [-0.39, 0.29) is 5.69 Å². The van der Waals surface area contributed by atoms with Gasteiger partial charge in [0.1, 0.15) is 0 Å². The molecule has 1 aromatic heterocycles. The van der Waals surface area contributed by atoms with Gasteiger partial charge in [-0.3, -0.25) is 9.78 Å². The second kappa shape index (κ2) is 6.06. The van der Waals surface area contributed by atoms with Crippen molar-refractivity contribution in [3.63, 3.8) is 0 Å². The summed E-state index contributed by atoms with van der Waals surface area (Å²) in [7, 11) is 1.43. The summed E-state index contributed by atoms with van der Waals surface area (Å²) in [6.45, 7) is 0. The first-order chi connectivity index (χ1) is 9.22. The fourth-order valence-electron chi connectivity index (χ4n) is 1.70. The van der Waals surface area contributed by atoms with Crippen LogP contribution in [0.4, 0.5) is 10.1 Å². The molecule has 1 aromatic carbocycles. The van der Waals surface area contributed by atoms with Crippen LogP contribution in [0.5, 0.6) is 0 Å². The summed E-state index contributed by atoms with van der Waals surface area (Å²) in [5.41, 5.74) is 0.787. The standard InChI is InChI=1S/C14H13FN2O2/c1-19-13(10-5-3-2-4-6-10)14(18)17-12-7-8-16-9-11(12)15/h2-9,13H,1H3,(H,16,17,18)/t13-/m0/s1. The molecule has 0 aliphatic rings. The summed E-state index contributed by atoms with van der Waals surface area (Å²) in [5, 5.41) is 2.48. The molecule has 0 aliphatic heterocycles. The number of carbonyl (C=O) groups excluding carboxylic acids is 1. The van der Waals surface area contributed by atoms with Crippen molar-refractivity contribution in [1.82, 2.24) is 4.98 Å². The average molecular weight is 260 g/mol. The molecule has 2 rings (SSSR count). The van der Waals surface area contributed by atoms with Gasteiger partial charge in [-0.25, -0.2) is 4.39 Å². The van der Waals surface area contributed by atoms with Crippen molar-refractivity contribution in [1.29, 1.82) is 0 Å². The Morgan fingerprint density at radius 3 is 2.68 bits per heavy atom. The number of ether oxygens (including phenoxy) is 1. The second-order valence-corrected chi connectivity index (χ2v) is 3.87. The normalized spacial score (nSPS) is 11.9. The van der Waals surface area contributed by atoms with Gasteiger partial charge in [-0.15, -0.1) is 0 Å². The molecular weight excluding hydrogens is 247 g/mol. The van der Waals surface area contributed by atoms with E-state index < -0.39 is 17.8 Å². The molecule has 98 valence electrons. The van der Waals surface area contributed by atoms with Gasteiger partial charge in [-0.2, -0.15) is 0 Å². The average Bonchev–Trinajstić information content (AvgIpc) is 2.43. The summed E-state index contributed by atoms with van der Waals surface area (Å²) in [6, 6.07) is 10.4. The number of pyridine rings is 1. The van der Waals surface area contributed by atoms with Crippen LogP contribution < -0.4 is 5.32 Å². The van der Waals surface area contributed by atoms with E-state index in [0.717, 1.165) is 6.20 Å². The van der Waals surface area contributed by atoms with Crippen LogP contribution in [0.1, 0.15) is 11.7 Å². The van der Waals surface area contributed by atoms with Crippen LogP contribution in [0.25, 0.3) is 0 Å². The Labute approximate surface area is 110 Å². The van der Waals surface area contributed by atoms with Gasteiger partial charge < -0.3 is 10.1 Å². The lowest BCUT2D eigenvalue weighted by Crippen LogP contribution is -2.23. The van der Waals surface area contributed by atoms with Gasteiger partial charge in [0.05, 0.1) is 11.9 Å². The van der Waals surface area contributed by atoms with E-state index in [2.05, 4.69) is 10.3 Å². The zero-order chi connectivity index (χ0) is 13.7. The van der Waals surface area contributed by atoms with E-state index in [0.29, 0.717) is 5.56 Å². The molecule has 2 aromatic rings. The van der Waals surface area contributed by atoms with Crippen molar-refractivity contribution in [3.8, 4) is 0 Å². The van der Waals surface area contributed by atoms with Crippen LogP contribution in [0.15, 0.2) is 48.8 Å². The van der Waals surface area contributed by atoms with Crippen LogP contribution >= 0.6 is 0 Å². The fraction of sp³-hybridized carbons (Fsp3) is 0.143. The van der Waals surface area contributed by atoms with E-state index in [9.17, 15) is 9.18 Å². The number of halogens is 1. The number of amides is 1. The molecule has 0 bridgehead atoms. The highest BCUT2D eigenvalue weighted by Gasteiger charge is 2.20. The lowest BCUT2D eigenvalue weighted by atomic mass is 10.1. The van der Waals surface area contributed by atoms with E-state index in [4.69, 9.17) is 4.74 Å². The van der Waals surface area contributed by atoms with Gasteiger partial charge >= 0.3 is 0 Å². The van der Waals surface area contributed by atoms with Gasteiger partial charge in [0.25, 0.3) is 5.91 Å². The first-order valence-electron chi connectivity index (χ1n) is 5.70. The maximum Gasteiger partial charge on any atom is 0.258 e. The minimum absolute atomic E-state index is 0.0815. The van der Waals surface area contributed by atoms with Crippen molar-refractivity contribution >= 4 is 11.6 Å². The quantitative estimate of drug-likeness (QED) is 0.919. The van der Waals surface area contributed by atoms with Crippen LogP contribution in [0, 0.1) is 5.82 Å². The Morgan fingerprint density at radius 2 is 2.05 bits per heavy atom. The Bertz CT molecular complexity index is 560. The van der Waals surface area contributed by atoms with E-state index in [1.165, 1.54) is 19.4 Å². The maximum atomic E-state index is 13.4. The number of benzene rings is 1. The van der Waals surface area contributed by atoms with E-state index >= 15 is 0 Å². The molecule has 19 heavy (non-hydrogen) atoms. The van der Waals surface area contributed by atoms with Gasteiger partial charge in [-0.05, 0) is 11.6 Å². The summed E-state index contributed by atoms with van der Waals surface area (Å²) in [6.07, 6.45) is 1.66. The molecule has 1 heterocycles. The van der Waals surface area contributed by atoms with Gasteiger partial charge in [0, 0.05) is 13.3 Å². The van der Waals surface area contributed by atoms with E-state index in [1.54, 1.807) is 12.1 Å². The molecule has 4 nitrogen and oxygen atoms in total. The monoisotopic (exact) mass is 260 g/mol. The molecule has 0 saturated heterocycles. The zero-order valence-electron chi connectivity index (χ0n) is 10.3. The SMILES string of the molecule is CO[C@H](C(=O)Nc1ccncc1F)c1ccccc1. The predicted octanol–water partition coefficient (Wildman–Crippen LogP) is 2.55. The van der Waals surface area contributed by atoms with Crippen LogP contribution in [0.3, 0.4) is 0 Å². The number of anilines is 1. The minimum Gasteiger partial charge on any atom is -0.367 e. The molecule has 0 unspecified atom stereocenters. The van der Waals surface area contributed by atoms with Crippen molar-refractivity contribution in [2.24, 2.45) is 0 Å². The molecule has 0 radical (unpaired) electrons. The highest BCUT2D eigenvalue weighted by molar-refractivity contribution is 5.94. The number of aromatic nitrogens is 1. The number of nitrogens with one attached hydrogen (secondary N) is 1. The number of carbonyl (C=O) groups is 1. The van der Waals surface area contributed by atoms with Crippen LogP contribution in [0.2, 0.25) is 0 Å². The summed E-state index contributed by atoms with van der Waals surface area (Å²) in [5.74, 6) is -1.02. The fourth-order valence-corrected chi connectivity index (χ4v) is 1.70. The molecule has 1 amide bonds. The number of methoxy groups -OCH3 is 1. The van der Waals surface area contributed by atoms with Crippen LogP contribution in [-0.2, 0) is 9.53 Å². The van der Waals surface area contributed by atoms with Gasteiger partial charge in [0.2, 0.25) is 0 Å². The number of hydrogen-bond acceptors (Lipinski definition) is 3. The molecule has 1 N–H and O–H groups in total. The van der Waals surface area contributed by atoms with Gasteiger partial charge in [-0.1, -0.05) is 30.3 Å². The predicted molar refractivity (Wildman–Crippen MR) is 69.0 cm³/mol. The zero-order valence-corrected chi connectivity index (χ0v) is 10.3. The third-order valence-corrected chi connectivity index (χ3v) is 2.61. The maximum absolute atomic E-state index is 13.4. The number of hydrogen-bond donors (Lipinski definition) is 1. The first kappa shape index (κ1) is 13.2. The number of nitrogens with zero attached hydrogens (tertiary/aromatic N) is 1. The highest BCUT2D eigenvalue weighted by atomic mass is 19.1. The summed E-state index contributed by atoms with van der Waals surface area (Å²) in [4.78, 5) is 15.7. The largest absolute Gasteiger partial charge is 0.367 e. The van der Waals surface area contributed by atoms with Crippen molar-refractivity contribution in [2.75, 3.05) is 12.4 Å². The molecular formula is C14H13FN2O2. The lowest BCUT2D eigenvalue weighted by Gasteiger charge is -2.15. The first-order valence-corrected chi connectivity index (χ1v) is 5.70. The highest BCUT2D eigenvalue weighted by Crippen LogP contribution is 2.19. The Balaban J connectivity index is 2.17. The molecule has 5 heteroatoms. The topological polar surface area (TPSA) is 51.2 Å².